The van der Waals surface area contributed by atoms with Gasteiger partial charge in [0.2, 0.25) is 0 Å². The Morgan fingerprint density at radius 3 is 1.12 bits per heavy atom. The van der Waals surface area contributed by atoms with Gasteiger partial charge < -0.3 is 18.6 Å². The van der Waals surface area contributed by atoms with E-state index in [-0.39, 0.29) is 0 Å². The van der Waals surface area contributed by atoms with Crippen LogP contribution in [0, 0.1) is 0 Å². The summed E-state index contributed by atoms with van der Waals surface area (Å²) in [4.78, 5) is 0. The van der Waals surface area contributed by atoms with E-state index in [1.165, 1.54) is 0 Å². The lowest BCUT2D eigenvalue weighted by Crippen LogP contribution is -2.41. The zero-order chi connectivity index (χ0) is 18.8. The zero-order valence-corrected chi connectivity index (χ0v) is 15.7. The molecule has 0 saturated carbocycles. The second-order valence-electron chi connectivity index (χ2n) is 8.73. The van der Waals surface area contributed by atoms with Crippen molar-refractivity contribution in [3.05, 3.63) is 0 Å². The molecule has 0 atom stereocenters. The van der Waals surface area contributed by atoms with Gasteiger partial charge >= 0.3 is 20.4 Å². The summed E-state index contributed by atoms with van der Waals surface area (Å²) in [5.41, 5.74) is -3.97. The van der Waals surface area contributed by atoms with Gasteiger partial charge in [0.25, 0.3) is 0 Å². The molecule has 2 aliphatic heterocycles. The van der Waals surface area contributed by atoms with Gasteiger partial charge in [0.15, 0.2) is 0 Å². The van der Waals surface area contributed by atoms with Crippen molar-refractivity contribution < 1.29 is 31.8 Å². The van der Waals surface area contributed by atoms with Crippen molar-refractivity contribution in [2.45, 2.75) is 96.1 Å². The average molecular weight is 350 g/mol. The zero-order valence-electron chi connectivity index (χ0n) is 15.7. The second kappa shape index (κ2) is 5.63. The van der Waals surface area contributed by atoms with Gasteiger partial charge in [-0.2, -0.15) is 13.2 Å². The SMILES string of the molecule is CC1(C)OB(C(CC(F)(F)F)B2OC(C)(C)C(C)(C)O2)OC1(C)C. The quantitative estimate of drug-likeness (QED) is 0.721. The van der Waals surface area contributed by atoms with Crippen LogP contribution in [0.2, 0.25) is 5.72 Å². The molecule has 2 fully saturated rings. The van der Waals surface area contributed by atoms with Crippen molar-refractivity contribution >= 4 is 14.2 Å². The molecular weight excluding hydrogens is 323 g/mol. The Hall–Kier alpha value is -0.240. The van der Waals surface area contributed by atoms with Gasteiger partial charge in [-0.15, -0.1) is 0 Å². The largest absolute Gasteiger partial charge is 0.459 e. The van der Waals surface area contributed by atoms with Gasteiger partial charge in [0, 0.05) is 12.1 Å². The minimum atomic E-state index is -4.38. The molecule has 0 unspecified atom stereocenters. The highest BCUT2D eigenvalue weighted by Gasteiger charge is 2.63. The molecule has 9 heteroatoms. The van der Waals surface area contributed by atoms with Crippen molar-refractivity contribution in [1.29, 1.82) is 0 Å². The van der Waals surface area contributed by atoms with Crippen LogP contribution in [0.3, 0.4) is 0 Å². The Labute approximate surface area is 143 Å². The van der Waals surface area contributed by atoms with Crippen LogP contribution in [0.1, 0.15) is 61.8 Å². The molecule has 0 aromatic rings. The third kappa shape index (κ3) is 3.64. The molecule has 0 aromatic carbocycles. The Kier molecular flexibility index (Phi) is 4.71. The molecule has 2 aliphatic rings. The first kappa shape index (κ1) is 20.1. The van der Waals surface area contributed by atoms with Crippen molar-refractivity contribution in [2.24, 2.45) is 0 Å². The van der Waals surface area contributed by atoms with Gasteiger partial charge in [-0.05, 0) is 55.4 Å². The maximum Gasteiger partial charge on any atom is 0.459 e. The van der Waals surface area contributed by atoms with Gasteiger partial charge in [-0.3, -0.25) is 0 Å². The van der Waals surface area contributed by atoms with Gasteiger partial charge in [-0.1, -0.05) is 0 Å². The lowest BCUT2D eigenvalue weighted by atomic mass is 9.50. The fraction of sp³-hybridized carbons (Fsp3) is 1.00. The summed E-state index contributed by atoms with van der Waals surface area (Å²) < 4.78 is 62.8. The van der Waals surface area contributed by atoms with Gasteiger partial charge in [0.05, 0.1) is 22.4 Å². The van der Waals surface area contributed by atoms with E-state index in [2.05, 4.69) is 0 Å². The molecule has 2 rings (SSSR count). The van der Waals surface area contributed by atoms with Crippen molar-refractivity contribution in [3.63, 3.8) is 0 Å². The summed E-state index contributed by atoms with van der Waals surface area (Å²) in [5.74, 6) is 0. The number of hydrogen-bond donors (Lipinski definition) is 0. The maximum atomic E-state index is 13.2. The standard InChI is InChI=1S/C15H27B2F3O4/c1-11(2)12(3,4)22-16(21-11)10(9-15(18,19)20)17-23-13(5,6)14(7,8)24-17/h10H,9H2,1-8H3. The topological polar surface area (TPSA) is 36.9 Å². The predicted octanol–water partition coefficient (Wildman–Crippen LogP) is 4.03. The lowest BCUT2D eigenvalue weighted by Gasteiger charge is -2.32. The second-order valence-corrected chi connectivity index (χ2v) is 8.73. The fourth-order valence-corrected chi connectivity index (χ4v) is 2.71. The summed E-state index contributed by atoms with van der Waals surface area (Å²) in [5, 5.41) is 0. The summed E-state index contributed by atoms with van der Waals surface area (Å²) in [7, 11) is -2.10. The number of halogens is 3. The minimum absolute atomic E-state index is 0.717. The molecule has 138 valence electrons. The van der Waals surface area contributed by atoms with E-state index in [9.17, 15) is 13.2 Å². The normalized spacial score (nSPS) is 28.0. The van der Waals surface area contributed by atoms with Crippen LogP contribution in [0.25, 0.3) is 0 Å². The molecule has 2 saturated heterocycles. The molecule has 0 amide bonds. The summed E-state index contributed by atoms with van der Waals surface area (Å²) in [6, 6.07) is 0. The molecule has 0 bridgehead atoms. The van der Waals surface area contributed by atoms with Crippen molar-refractivity contribution in [2.75, 3.05) is 0 Å². The number of hydrogen-bond acceptors (Lipinski definition) is 4. The van der Waals surface area contributed by atoms with Crippen LogP contribution < -0.4 is 0 Å². The first-order valence-corrected chi connectivity index (χ1v) is 8.25. The van der Waals surface area contributed by atoms with E-state index in [0.717, 1.165) is 0 Å². The molecule has 4 nitrogen and oxygen atoms in total. The van der Waals surface area contributed by atoms with E-state index >= 15 is 0 Å². The Bertz CT molecular complexity index is 424. The highest BCUT2D eigenvalue weighted by atomic mass is 19.4. The lowest BCUT2D eigenvalue weighted by molar-refractivity contribution is -0.134. The molecule has 2 heterocycles. The third-order valence-corrected chi connectivity index (χ3v) is 5.71. The highest BCUT2D eigenvalue weighted by Crippen LogP contribution is 2.48. The van der Waals surface area contributed by atoms with Crippen molar-refractivity contribution in [1.82, 2.24) is 0 Å². The molecule has 0 N–H and O–H groups in total. The third-order valence-electron chi connectivity index (χ3n) is 5.71. The Morgan fingerprint density at radius 1 is 0.667 bits per heavy atom. The summed E-state index contributed by atoms with van der Waals surface area (Å²) in [6.45, 7) is 14.5. The molecule has 0 aliphatic carbocycles. The van der Waals surface area contributed by atoms with E-state index in [1.54, 1.807) is 0 Å². The molecule has 0 aromatic heterocycles. The minimum Gasteiger partial charge on any atom is -0.403 e. The first-order valence-electron chi connectivity index (χ1n) is 8.25. The summed E-state index contributed by atoms with van der Waals surface area (Å²) >= 11 is 0. The van der Waals surface area contributed by atoms with Crippen LogP contribution >= 0.6 is 0 Å². The molecule has 0 spiro atoms. The van der Waals surface area contributed by atoms with Crippen LogP contribution in [-0.2, 0) is 18.6 Å². The number of alkyl halides is 3. The highest BCUT2D eigenvalue weighted by molar-refractivity contribution is 6.68. The van der Waals surface area contributed by atoms with Gasteiger partial charge in [-0.25, -0.2) is 0 Å². The smallest absolute Gasteiger partial charge is 0.403 e. The van der Waals surface area contributed by atoms with Crippen LogP contribution in [0.5, 0.6) is 0 Å². The molecule has 24 heavy (non-hydrogen) atoms. The van der Waals surface area contributed by atoms with Gasteiger partial charge in [0.1, 0.15) is 0 Å². The van der Waals surface area contributed by atoms with E-state index in [1.807, 2.05) is 55.4 Å². The Morgan fingerprint density at radius 2 is 0.917 bits per heavy atom. The van der Waals surface area contributed by atoms with E-state index in [0.29, 0.717) is 0 Å². The predicted molar refractivity (Wildman–Crippen MR) is 86.6 cm³/mol. The van der Waals surface area contributed by atoms with Crippen LogP contribution in [0.4, 0.5) is 13.2 Å². The van der Waals surface area contributed by atoms with Crippen LogP contribution in [-0.4, -0.2) is 42.8 Å². The van der Waals surface area contributed by atoms with Crippen LogP contribution in [0.15, 0.2) is 0 Å². The maximum absolute atomic E-state index is 13.2. The van der Waals surface area contributed by atoms with E-state index < -0.39 is 55.0 Å². The average Bonchev–Trinajstić information content (AvgIpc) is 2.64. The van der Waals surface area contributed by atoms with Crippen molar-refractivity contribution in [3.8, 4) is 0 Å². The summed E-state index contributed by atoms with van der Waals surface area (Å²) in [6.07, 6.45) is -5.47. The number of rotatable bonds is 3. The van der Waals surface area contributed by atoms with E-state index in [4.69, 9.17) is 18.6 Å². The monoisotopic (exact) mass is 350 g/mol. The molecular formula is C15H27B2F3O4. The molecule has 0 radical (unpaired) electrons. The first-order chi connectivity index (χ1) is 10.5. The Balaban J connectivity index is 2.28. The fourth-order valence-electron chi connectivity index (χ4n) is 2.71.